The van der Waals surface area contributed by atoms with Crippen molar-refractivity contribution >= 4 is 45.7 Å². The molecule has 5 nitrogen and oxygen atoms in total. The molecule has 30 heavy (non-hydrogen) atoms. The second-order valence-corrected chi connectivity index (χ2v) is 9.67. The predicted molar refractivity (Wildman–Crippen MR) is 124 cm³/mol. The molecule has 0 atom stereocenters. The van der Waals surface area contributed by atoms with Crippen LogP contribution in [0.5, 0.6) is 0 Å². The molecule has 0 aliphatic heterocycles. The van der Waals surface area contributed by atoms with Gasteiger partial charge in [-0.15, -0.1) is 23.1 Å². The van der Waals surface area contributed by atoms with E-state index in [4.69, 9.17) is 0 Å². The van der Waals surface area contributed by atoms with E-state index < -0.39 is 0 Å². The van der Waals surface area contributed by atoms with Gasteiger partial charge in [-0.3, -0.25) is 9.59 Å². The summed E-state index contributed by atoms with van der Waals surface area (Å²) < 4.78 is 0. The van der Waals surface area contributed by atoms with E-state index in [1.54, 1.807) is 0 Å². The Bertz CT molecular complexity index is 1060. The molecule has 2 aromatic carbocycles. The zero-order valence-corrected chi connectivity index (χ0v) is 18.5. The number of anilines is 2. The van der Waals surface area contributed by atoms with Crippen molar-refractivity contribution in [3.8, 4) is 11.3 Å². The monoisotopic (exact) mass is 437 g/mol. The molecule has 2 amide bonds. The molecule has 0 radical (unpaired) electrons. The van der Waals surface area contributed by atoms with Crippen LogP contribution in [0.2, 0.25) is 0 Å². The molecule has 1 aromatic heterocycles. The van der Waals surface area contributed by atoms with Crippen molar-refractivity contribution in [1.82, 2.24) is 4.98 Å². The number of hydrogen-bond donors (Lipinski definition) is 2. The number of amides is 2. The zero-order chi connectivity index (χ0) is 21.1. The van der Waals surface area contributed by atoms with Gasteiger partial charge in [0.15, 0.2) is 5.13 Å². The van der Waals surface area contributed by atoms with E-state index in [0.717, 1.165) is 39.6 Å². The third-order valence-corrected chi connectivity index (χ3v) is 6.71. The molecule has 154 valence electrons. The Morgan fingerprint density at radius 1 is 1.03 bits per heavy atom. The van der Waals surface area contributed by atoms with Gasteiger partial charge in [-0.1, -0.05) is 29.8 Å². The van der Waals surface area contributed by atoms with Crippen LogP contribution in [-0.4, -0.2) is 22.6 Å². The maximum atomic E-state index is 12.4. The molecule has 1 saturated carbocycles. The Morgan fingerprint density at radius 3 is 2.40 bits per heavy atom. The van der Waals surface area contributed by atoms with Gasteiger partial charge in [0.1, 0.15) is 0 Å². The Labute approximate surface area is 184 Å². The van der Waals surface area contributed by atoms with Gasteiger partial charge >= 0.3 is 0 Å². The van der Waals surface area contributed by atoms with Crippen LogP contribution in [0.4, 0.5) is 10.8 Å². The minimum absolute atomic E-state index is 0.0877. The number of carbonyl (C=O) groups excluding carboxylic acids is 2. The summed E-state index contributed by atoms with van der Waals surface area (Å²) in [6.07, 6.45) is 1.97. The molecule has 3 aromatic rings. The average Bonchev–Trinajstić information content (AvgIpc) is 3.52. The first-order valence-corrected chi connectivity index (χ1v) is 11.7. The van der Waals surface area contributed by atoms with E-state index in [1.165, 1.54) is 28.7 Å². The van der Waals surface area contributed by atoms with Gasteiger partial charge in [-0.2, -0.15) is 0 Å². The Balaban J connectivity index is 1.30. The zero-order valence-electron chi connectivity index (χ0n) is 16.9. The number of hydrogen-bond acceptors (Lipinski definition) is 5. The smallest absolute Gasteiger partial charge is 0.236 e. The summed E-state index contributed by atoms with van der Waals surface area (Å²) in [5, 5.41) is 6.44. The molecular weight excluding hydrogens is 414 g/mol. The van der Waals surface area contributed by atoms with Crippen LogP contribution in [0.25, 0.3) is 11.3 Å². The molecule has 0 unspecified atom stereocenters. The maximum absolute atomic E-state index is 12.4. The lowest BCUT2D eigenvalue weighted by Crippen LogP contribution is -2.14. The highest BCUT2D eigenvalue weighted by atomic mass is 32.2. The molecular formula is C23H23N3O2S2. The van der Waals surface area contributed by atoms with E-state index in [0.29, 0.717) is 10.9 Å². The molecule has 0 bridgehead atoms. The fourth-order valence-corrected chi connectivity index (χ4v) is 4.51. The third-order valence-electron chi connectivity index (χ3n) is 4.81. The number of aryl methyl sites for hydroxylation is 2. The Hall–Kier alpha value is -2.64. The number of aromatic nitrogens is 1. The quantitative estimate of drug-likeness (QED) is 0.478. The SMILES string of the molecule is Cc1ccc(-c2nc(NC(=O)CSc3ccc(NC(=O)C4CC4)cc3)sc2C)cc1. The van der Waals surface area contributed by atoms with Crippen molar-refractivity contribution in [2.75, 3.05) is 16.4 Å². The first-order chi connectivity index (χ1) is 14.5. The molecule has 1 heterocycles. The van der Waals surface area contributed by atoms with Crippen molar-refractivity contribution in [1.29, 1.82) is 0 Å². The summed E-state index contributed by atoms with van der Waals surface area (Å²) in [6, 6.07) is 15.8. The Kier molecular flexibility index (Phi) is 6.20. The fraction of sp³-hybridized carbons (Fsp3) is 0.261. The van der Waals surface area contributed by atoms with E-state index in [-0.39, 0.29) is 17.7 Å². The summed E-state index contributed by atoms with van der Waals surface area (Å²) in [6.45, 7) is 4.07. The number of thiazole rings is 1. The number of benzene rings is 2. The molecule has 7 heteroatoms. The number of thioether (sulfide) groups is 1. The first-order valence-electron chi connectivity index (χ1n) is 9.86. The second kappa shape index (κ2) is 9.02. The van der Waals surface area contributed by atoms with E-state index in [9.17, 15) is 9.59 Å². The number of nitrogens with zero attached hydrogens (tertiary/aromatic N) is 1. The summed E-state index contributed by atoms with van der Waals surface area (Å²) in [4.78, 5) is 30.8. The van der Waals surface area contributed by atoms with Crippen LogP contribution >= 0.6 is 23.1 Å². The minimum atomic E-state index is -0.0877. The molecule has 2 N–H and O–H groups in total. The predicted octanol–water partition coefficient (Wildman–Crippen LogP) is 5.51. The lowest BCUT2D eigenvalue weighted by molar-refractivity contribution is -0.117. The van der Waals surface area contributed by atoms with Gasteiger partial charge < -0.3 is 10.6 Å². The van der Waals surface area contributed by atoms with Crippen molar-refractivity contribution in [2.45, 2.75) is 31.6 Å². The van der Waals surface area contributed by atoms with Crippen LogP contribution in [0.1, 0.15) is 23.3 Å². The molecule has 0 saturated heterocycles. The second-order valence-electron chi connectivity index (χ2n) is 7.41. The number of nitrogens with one attached hydrogen (secondary N) is 2. The number of carbonyl (C=O) groups is 2. The lowest BCUT2D eigenvalue weighted by atomic mass is 10.1. The molecule has 4 rings (SSSR count). The van der Waals surface area contributed by atoms with Crippen LogP contribution in [0, 0.1) is 19.8 Å². The average molecular weight is 438 g/mol. The van der Waals surface area contributed by atoms with Crippen LogP contribution in [-0.2, 0) is 9.59 Å². The maximum Gasteiger partial charge on any atom is 0.236 e. The topological polar surface area (TPSA) is 71.1 Å². The summed E-state index contributed by atoms with van der Waals surface area (Å²) in [5.41, 5.74) is 3.96. The highest BCUT2D eigenvalue weighted by Crippen LogP contribution is 2.32. The van der Waals surface area contributed by atoms with Gasteiger partial charge in [0.05, 0.1) is 11.4 Å². The molecule has 1 aliphatic rings. The summed E-state index contributed by atoms with van der Waals surface area (Å²) in [7, 11) is 0. The lowest BCUT2D eigenvalue weighted by Gasteiger charge is -2.06. The fourth-order valence-electron chi connectivity index (χ4n) is 2.96. The molecule has 1 fully saturated rings. The van der Waals surface area contributed by atoms with Crippen LogP contribution in [0.15, 0.2) is 53.4 Å². The standard InChI is InChI=1S/C23H23N3O2S2/c1-14-3-5-16(6-4-14)21-15(2)30-23(26-21)25-20(27)13-29-19-11-9-18(10-12-19)24-22(28)17-7-8-17/h3-6,9-12,17H,7-8,13H2,1-2H3,(H,24,28)(H,25,26,27). The van der Waals surface area contributed by atoms with Crippen molar-refractivity contribution < 1.29 is 9.59 Å². The number of rotatable bonds is 7. The van der Waals surface area contributed by atoms with Crippen LogP contribution in [0.3, 0.4) is 0 Å². The van der Waals surface area contributed by atoms with E-state index in [2.05, 4.69) is 46.8 Å². The van der Waals surface area contributed by atoms with Gasteiger partial charge in [0.2, 0.25) is 11.8 Å². The van der Waals surface area contributed by atoms with Crippen molar-refractivity contribution in [3.63, 3.8) is 0 Å². The van der Waals surface area contributed by atoms with Gasteiger partial charge in [0.25, 0.3) is 0 Å². The Morgan fingerprint density at radius 2 is 1.73 bits per heavy atom. The third kappa shape index (κ3) is 5.29. The van der Waals surface area contributed by atoms with Gasteiger partial charge in [-0.05, 0) is 51.0 Å². The summed E-state index contributed by atoms with van der Waals surface area (Å²) in [5.74, 6) is 0.490. The summed E-state index contributed by atoms with van der Waals surface area (Å²) >= 11 is 2.94. The van der Waals surface area contributed by atoms with Gasteiger partial charge in [-0.25, -0.2) is 4.98 Å². The van der Waals surface area contributed by atoms with Crippen LogP contribution < -0.4 is 10.6 Å². The highest BCUT2D eigenvalue weighted by molar-refractivity contribution is 8.00. The first kappa shape index (κ1) is 20.6. The van der Waals surface area contributed by atoms with E-state index >= 15 is 0 Å². The van der Waals surface area contributed by atoms with Gasteiger partial charge in [0, 0.05) is 26.9 Å². The van der Waals surface area contributed by atoms with E-state index in [1.807, 2.05) is 31.2 Å². The largest absolute Gasteiger partial charge is 0.326 e. The normalized spacial score (nSPS) is 13.1. The highest BCUT2D eigenvalue weighted by Gasteiger charge is 2.29. The minimum Gasteiger partial charge on any atom is -0.326 e. The molecule has 0 spiro atoms. The molecule has 1 aliphatic carbocycles. The van der Waals surface area contributed by atoms with Crippen molar-refractivity contribution in [2.24, 2.45) is 5.92 Å². The van der Waals surface area contributed by atoms with Crippen molar-refractivity contribution in [3.05, 3.63) is 59.0 Å².